The summed E-state index contributed by atoms with van der Waals surface area (Å²) in [6.45, 7) is 16.5. The SMILES string of the molecule is CN1[CH-]N(c2[c-]cccc2)C2=C1C(C)(C)C(C)(C)C2(C)C.[Ir]. The Morgan fingerprint density at radius 2 is 1.55 bits per heavy atom. The zero-order valence-electron chi connectivity index (χ0n) is 14.6. The van der Waals surface area contributed by atoms with Gasteiger partial charge in [0.05, 0.1) is 0 Å². The van der Waals surface area contributed by atoms with Crippen LogP contribution in [0, 0.1) is 29.0 Å². The Bertz CT molecular complexity index is 599. The second-order valence-corrected chi connectivity index (χ2v) is 7.92. The van der Waals surface area contributed by atoms with Crippen LogP contribution in [0.3, 0.4) is 0 Å². The minimum absolute atomic E-state index is 0. The van der Waals surface area contributed by atoms with Crippen molar-refractivity contribution in [3.8, 4) is 0 Å². The smallest absolute Gasteiger partial charge is 0.0119 e. The van der Waals surface area contributed by atoms with Gasteiger partial charge in [-0.05, 0) is 12.5 Å². The van der Waals surface area contributed by atoms with E-state index in [9.17, 15) is 0 Å². The second-order valence-electron chi connectivity index (χ2n) is 7.92. The Labute approximate surface area is 148 Å². The maximum absolute atomic E-state index is 3.37. The molecule has 0 unspecified atom stereocenters. The zero-order valence-corrected chi connectivity index (χ0v) is 17.0. The number of nitrogens with zero attached hydrogens (tertiary/aromatic N) is 2. The number of anilines is 1. The van der Waals surface area contributed by atoms with E-state index in [0.717, 1.165) is 5.69 Å². The van der Waals surface area contributed by atoms with E-state index >= 15 is 0 Å². The van der Waals surface area contributed by atoms with Crippen molar-refractivity contribution in [2.75, 3.05) is 11.9 Å². The quantitative estimate of drug-likeness (QED) is 0.547. The van der Waals surface area contributed by atoms with Gasteiger partial charge < -0.3 is 9.80 Å². The molecule has 2 aliphatic rings. The molecule has 3 rings (SSSR count). The van der Waals surface area contributed by atoms with Crippen molar-refractivity contribution in [2.24, 2.45) is 16.2 Å². The van der Waals surface area contributed by atoms with Crippen LogP contribution in [0.2, 0.25) is 0 Å². The molecule has 3 heteroatoms. The molecular weight excluding hydrogens is 448 g/mol. The topological polar surface area (TPSA) is 6.48 Å². The van der Waals surface area contributed by atoms with Crippen LogP contribution in [-0.4, -0.2) is 11.9 Å². The molecule has 0 saturated carbocycles. The summed E-state index contributed by atoms with van der Waals surface area (Å²) in [6, 6.07) is 11.6. The molecule has 1 aromatic rings. The van der Waals surface area contributed by atoms with Crippen LogP contribution in [0.1, 0.15) is 41.5 Å². The number of benzene rings is 1. The van der Waals surface area contributed by atoms with Crippen molar-refractivity contribution in [1.29, 1.82) is 0 Å². The largest absolute Gasteiger partial charge is 0.507 e. The number of hydrogen-bond donors (Lipinski definition) is 0. The van der Waals surface area contributed by atoms with Crippen molar-refractivity contribution < 1.29 is 20.1 Å². The van der Waals surface area contributed by atoms with E-state index in [1.165, 1.54) is 11.4 Å². The predicted octanol–water partition coefficient (Wildman–Crippen LogP) is 4.66. The molecule has 0 bridgehead atoms. The third-order valence-electron chi connectivity index (χ3n) is 6.37. The molecule has 0 aromatic heterocycles. The average molecular weight is 475 g/mol. The standard InChI is InChI=1S/C19H26N2.Ir/c1-17(2)15-16(18(3,4)19(17,5)6)21(13-20(15)7)14-11-9-8-10-12-14;/h8-11,13H,1-7H3;/q-2;. The third-order valence-corrected chi connectivity index (χ3v) is 6.37. The maximum atomic E-state index is 3.37. The van der Waals surface area contributed by atoms with E-state index in [0.29, 0.717) is 0 Å². The minimum atomic E-state index is 0. The van der Waals surface area contributed by atoms with Crippen molar-refractivity contribution >= 4 is 5.69 Å². The summed E-state index contributed by atoms with van der Waals surface area (Å²) in [7, 11) is 2.16. The normalized spacial score (nSPS) is 24.3. The zero-order chi connectivity index (χ0) is 15.6. The van der Waals surface area contributed by atoms with Crippen molar-refractivity contribution in [1.82, 2.24) is 4.90 Å². The van der Waals surface area contributed by atoms with Crippen LogP contribution in [0.5, 0.6) is 0 Å². The molecule has 0 atom stereocenters. The monoisotopic (exact) mass is 475 g/mol. The molecule has 1 aliphatic heterocycles. The van der Waals surface area contributed by atoms with Crippen LogP contribution in [0.25, 0.3) is 0 Å². The van der Waals surface area contributed by atoms with Crippen molar-refractivity contribution in [3.05, 3.63) is 48.4 Å². The fraction of sp³-hybridized carbons (Fsp3) is 0.526. The van der Waals surface area contributed by atoms with Gasteiger partial charge in [0.1, 0.15) is 0 Å². The Morgan fingerprint density at radius 1 is 0.955 bits per heavy atom. The van der Waals surface area contributed by atoms with Gasteiger partial charge in [0.2, 0.25) is 0 Å². The molecule has 0 spiro atoms. The molecule has 0 fully saturated rings. The molecule has 0 amide bonds. The number of allylic oxidation sites excluding steroid dienone is 2. The van der Waals surface area contributed by atoms with Crippen LogP contribution < -0.4 is 4.90 Å². The summed E-state index contributed by atoms with van der Waals surface area (Å²) >= 11 is 0. The van der Waals surface area contributed by atoms with E-state index in [2.05, 4.69) is 83.3 Å². The summed E-state index contributed by atoms with van der Waals surface area (Å²) in [4.78, 5) is 4.62. The predicted molar refractivity (Wildman–Crippen MR) is 88.2 cm³/mol. The molecule has 1 aliphatic carbocycles. The van der Waals surface area contributed by atoms with E-state index in [4.69, 9.17) is 0 Å². The van der Waals surface area contributed by atoms with E-state index in [1.807, 2.05) is 12.1 Å². The molecule has 1 radical (unpaired) electrons. The fourth-order valence-electron chi connectivity index (χ4n) is 3.99. The van der Waals surface area contributed by atoms with E-state index < -0.39 is 0 Å². The Hall–Kier alpha value is -0.791. The first-order chi connectivity index (χ1) is 9.62. The molecule has 22 heavy (non-hydrogen) atoms. The molecule has 1 aromatic carbocycles. The first-order valence-corrected chi connectivity index (χ1v) is 7.71. The fourth-order valence-corrected chi connectivity index (χ4v) is 3.99. The van der Waals surface area contributed by atoms with Gasteiger partial charge in [-0.15, -0.1) is 5.69 Å². The van der Waals surface area contributed by atoms with Gasteiger partial charge in [-0.1, -0.05) is 41.5 Å². The minimum Gasteiger partial charge on any atom is -0.507 e. The molecule has 1 heterocycles. The summed E-state index contributed by atoms with van der Waals surface area (Å²) in [5.41, 5.74) is 4.38. The van der Waals surface area contributed by atoms with Crippen molar-refractivity contribution in [2.45, 2.75) is 41.5 Å². The molecule has 0 saturated heterocycles. The van der Waals surface area contributed by atoms with E-state index in [-0.39, 0.29) is 36.4 Å². The van der Waals surface area contributed by atoms with Gasteiger partial charge in [-0.2, -0.15) is 37.0 Å². The number of hydrogen-bond acceptors (Lipinski definition) is 2. The van der Waals surface area contributed by atoms with Gasteiger partial charge in [-0.25, -0.2) is 0 Å². The first-order valence-electron chi connectivity index (χ1n) is 7.71. The van der Waals surface area contributed by atoms with Gasteiger partial charge in [-0.3, -0.25) is 0 Å². The maximum Gasteiger partial charge on any atom is 0.0119 e. The van der Waals surface area contributed by atoms with Gasteiger partial charge >= 0.3 is 0 Å². The summed E-state index contributed by atoms with van der Waals surface area (Å²) in [6.07, 6.45) is 0. The van der Waals surface area contributed by atoms with E-state index in [1.54, 1.807) is 0 Å². The number of para-hydroxylation sites is 1. The number of rotatable bonds is 1. The van der Waals surface area contributed by atoms with Gasteiger partial charge in [0, 0.05) is 42.3 Å². The Balaban J connectivity index is 0.00000176. The average Bonchev–Trinajstić information content (AvgIpc) is 2.82. The van der Waals surface area contributed by atoms with Crippen LogP contribution in [0.4, 0.5) is 5.69 Å². The van der Waals surface area contributed by atoms with Crippen LogP contribution in [-0.2, 0) is 20.1 Å². The Kier molecular flexibility index (Phi) is 4.08. The van der Waals surface area contributed by atoms with Crippen molar-refractivity contribution in [3.63, 3.8) is 0 Å². The second kappa shape index (κ2) is 5.11. The summed E-state index contributed by atoms with van der Waals surface area (Å²) in [5.74, 6) is 0. The molecular formula is C19H26IrN2-2. The van der Waals surface area contributed by atoms with Crippen LogP contribution in [0.15, 0.2) is 35.7 Å². The molecule has 0 N–H and O–H groups in total. The van der Waals surface area contributed by atoms with Gasteiger partial charge in [0.25, 0.3) is 0 Å². The van der Waals surface area contributed by atoms with Crippen LogP contribution >= 0.6 is 0 Å². The third kappa shape index (κ3) is 1.95. The summed E-state index contributed by atoms with van der Waals surface area (Å²) < 4.78 is 0. The first kappa shape index (κ1) is 17.6. The van der Waals surface area contributed by atoms with Gasteiger partial charge in [0.15, 0.2) is 0 Å². The summed E-state index contributed by atoms with van der Waals surface area (Å²) in [5, 5.41) is 0. The molecule has 2 nitrogen and oxygen atoms in total. The molecule has 123 valence electrons. The Morgan fingerprint density at radius 3 is 2.09 bits per heavy atom.